The third-order valence-electron chi connectivity index (χ3n) is 3.59. The molecule has 8 heteroatoms. The van der Waals surface area contributed by atoms with Gasteiger partial charge in [-0.25, -0.2) is 14.4 Å². The van der Waals surface area contributed by atoms with Crippen LogP contribution in [0, 0.1) is 5.82 Å². The number of hydrogen-bond acceptors (Lipinski definition) is 5. The van der Waals surface area contributed by atoms with E-state index >= 15 is 0 Å². The molecule has 116 valence electrons. The molecule has 0 unspecified atom stereocenters. The summed E-state index contributed by atoms with van der Waals surface area (Å²) in [4.78, 5) is 25.2. The Kier molecular flexibility index (Phi) is 4.46. The second-order valence-electron chi connectivity index (χ2n) is 5.06. The van der Waals surface area contributed by atoms with Crippen LogP contribution in [0.2, 0.25) is 5.15 Å². The van der Waals surface area contributed by atoms with E-state index in [0.717, 1.165) is 18.4 Å². The SMILES string of the molecule is CSc1nc2c(c(=O)[nH]1)CN(Cc1cc(F)cnc1Cl)CC2. The minimum Gasteiger partial charge on any atom is -0.301 e. The van der Waals surface area contributed by atoms with Crippen molar-refractivity contribution in [2.75, 3.05) is 12.8 Å². The van der Waals surface area contributed by atoms with Crippen molar-refractivity contribution in [3.05, 3.63) is 50.4 Å². The monoisotopic (exact) mass is 340 g/mol. The van der Waals surface area contributed by atoms with Gasteiger partial charge in [0.15, 0.2) is 5.16 Å². The van der Waals surface area contributed by atoms with Crippen molar-refractivity contribution < 1.29 is 4.39 Å². The number of halogens is 2. The molecule has 0 aliphatic carbocycles. The highest BCUT2D eigenvalue weighted by atomic mass is 35.5. The smallest absolute Gasteiger partial charge is 0.256 e. The van der Waals surface area contributed by atoms with Crippen molar-refractivity contribution in [1.82, 2.24) is 19.9 Å². The maximum absolute atomic E-state index is 13.3. The van der Waals surface area contributed by atoms with E-state index in [1.807, 2.05) is 11.2 Å². The summed E-state index contributed by atoms with van der Waals surface area (Å²) in [6.07, 6.45) is 3.65. The number of fused-ring (bicyclic) bond motifs is 1. The highest BCUT2D eigenvalue weighted by Gasteiger charge is 2.22. The van der Waals surface area contributed by atoms with Gasteiger partial charge in [-0.05, 0) is 12.3 Å². The first-order chi connectivity index (χ1) is 10.6. The van der Waals surface area contributed by atoms with E-state index in [9.17, 15) is 9.18 Å². The van der Waals surface area contributed by atoms with Gasteiger partial charge < -0.3 is 4.98 Å². The molecule has 0 bridgehead atoms. The lowest BCUT2D eigenvalue weighted by Gasteiger charge is -2.27. The standard InChI is InChI=1S/C14H14ClFN4OS/c1-22-14-18-11-2-3-20(7-10(11)13(21)19-14)6-8-4-9(16)5-17-12(8)15/h4-5H,2-3,6-7H2,1H3,(H,18,19,21). The van der Waals surface area contributed by atoms with E-state index in [1.54, 1.807) is 0 Å². The van der Waals surface area contributed by atoms with Crippen molar-refractivity contribution in [3.63, 3.8) is 0 Å². The summed E-state index contributed by atoms with van der Waals surface area (Å²) in [5.41, 5.74) is 2.02. The minimum absolute atomic E-state index is 0.109. The van der Waals surface area contributed by atoms with Gasteiger partial charge in [0.1, 0.15) is 11.0 Å². The van der Waals surface area contributed by atoms with Gasteiger partial charge in [-0.2, -0.15) is 0 Å². The molecular formula is C14H14ClFN4OS. The Balaban J connectivity index is 1.83. The number of pyridine rings is 1. The zero-order valence-corrected chi connectivity index (χ0v) is 13.5. The van der Waals surface area contributed by atoms with E-state index < -0.39 is 5.82 Å². The number of nitrogens with zero attached hydrogens (tertiary/aromatic N) is 3. The largest absolute Gasteiger partial charge is 0.301 e. The van der Waals surface area contributed by atoms with Crippen LogP contribution in [0.25, 0.3) is 0 Å². The number of aromatic nitrogens is 3. The number of H-pyrrole nitrogens is 1. The third kappa shape index (κ3) is 3.16. The van der Waals surface area contributed by atoms with Crippen LogP contribution in [0.4, 0.5) is 4.39 Å². The van der Waals surface area contributed by atoms with Gasteiger partial charge in [-0.15, -0.1) is 0 Å². The topological polar surface area (TPSA) is 61.9 Å². The summed E-state index contributed by atoms with van der Waals surface area (Å²) in [5, 5.41) is 0.923. The molecule has 0 aromatic carbocycles. The Hall–Kier alpha value is -1.44. The fourth-order valence-corrected chi connectivity index (χ4v) is 3.07. The summed E-state index contributed by atoms with van der Waals surface area (Å²) in [5.74, 6) is -0.416. The molecule has 3 rings (SSSR count). The molecule has 0 spiro atoms. The molecule has 0 fully saturated rings. The van der Waals surface area contributed by atoms with Crippen LogP contribution >= 0.6 is 23.4 Å². The zero-order chi connectivity index (χ0) is 15.7. The number of aromatic amines is 1. The summed E-state index contributed by atoms with van der Waals surface area (Å²) in [7, 11) is 0. The normalized spacial score (nSPS) is 14.9. The summed E-state index contributed by atoms with van der Waals surface area (Å²) >= 11 is 7.41. The van der Waals surface area contributed by atoms with Crippen LogP contribution in [-0.4, -0.2) is 32.7 Å². The van der Waals surface area contributed by atoms with E-state index in [2.05, 4.69) is 15.0 Å². The summed E-state index contributed by atoms with van der Waals surface area (Å²) in [6, 6.07) is 1.38. The van der Waals surface area contributed by atoms with Crippen molar-refractivity contribution in [2.24, 2.45) is 0 Å². The fraction of sp³-hybridized carbons (Fsp3) is 0.357. The van der Waals surface area contributed by atoms with Crippen LogP contribution in [-0.2, 0) is 19.5 Å². The first-order valence-electron chi connectivity index (χ1n) is 6.75. The van der Waals surface area contributed by atoms with Gasteiger partial charge in [0.05, 0.1) is 17.5 Å². The maximum Gasteiger partial charge on any atom is 0.256 e. The predicted molar refractivity (Wildman–Crippen MR) is 83.7 cm³/mol. The van der Waals surface area contributed by atoms with Gasteiger partial charge in [0.2, 0.25) is 0 Å². The van der Waals surface area contributed by atoms with Crippen molar-refractivity contribution in [1.29, 1.82) is 0 Å². The molecule has 2 aromatic heterocycles. The molecular weight excluding hydrogens is 327 g/mol. The average molecular weight is 341 g/mol. The quantitative estimate of drug-likeness (QED) is 0.527. The molecule has 5 nitrogen and oxygen atoms in total. The van der Waals surface area contributed by atoms with E-state index in [4.69, 9.17) is 11.6 Å². The van der Waals surface area contributed by atoms with Gasteiger partial charge in [-0.3, -0.25) is 9.69 Å². The molecule has 3 heterocycles. The average Bonchev–Trinajstić information content (AvgIpc) is 2.51. The van der Waals surface area contributed by atoms with E-state index in [0.29, 0.717) is 35.8 Å². The Morgan fingerprint density at radius 2 is 2.36 bits per heavy atom. The Labute approximate surface area is 135 Å². The number of nitrogens with one attached hydrogen (secondary N) is 1. The lowest BCUT2D eigenvalue weighted by molar-refractivity contribution is 0.240. The van der Waals surface area contributed by atoms with E-state index in [-0.39, 0.29) is 10.7 Å². The van der Waals surface area contributed by atoms with Crippen LogP contribution in [0.3, 0.4) is 0 Å². The van der Waals surface area contributed by atoms with Crippen LogP contribution in [0.15, 0.2) is 22.2 Å². The molecule has 1 aliphatic heterocycles. The molecule has 0 radical (unpaired) electrons. The number of hydrogen-bond donors (Lipinski definition) is 1. The van der Waals surface area contributed by atoms with Gasteiger partial charge in [-0.1, -0.05) is 23.4 Å². The minimum atomic E-state index is -0.416. The lowest BCUT2D eigenvalue weighted by Crippen LogP contribution is -2.35. The van der Waals surface area contributed by atoms with Gasteiger partial charge in [0, 0.05) is 31.6 Å². The first kappa shape index (κ1) is 15.5. The molecule has 22 heavy (non-hydrogen) atoms. The predicted octanol–water partition coefficient (Wildman–Crippen LogP) is 2.24. The van der Waals surface area contributed by atoms with E-state index in [1.165, 1.54) is 17.8 Å². The molecule has 1 aliphatic rings. The molecule has 2 aromatic rings. The van der Waals surface area contributed by atoms with Gasteiger partial charge in [0.25, 0.3) is 5.56 Å². The van der Waals surface area contributed by atoms with Gasteiger partial charge >= 0.3 is 0 Å². The Morgan fingerprint density at radius 3 is 3.14 bits per heavy atom. The van der Waals surface area contributed by atoms with Crippen LogP contribution in [0.5, 0.6) is 0 Å². The second kappa shape index (κ2) is 6.36. The van der Waals surface area contributed by atoms with Crippen molar-refractivity contribution in [3.8, 4) is 0 Å². The molecule has 1 N–H and O–H groups in total. The Bertz CT molecular complexity index is 767. The molecule has 0 amide bonds. The van der Waals surface area contributed by atoms with Crippen LogP contribution in [0.1, 0.15) is 16.8 Å². The lowest BCUT2D eigenvalue weighted by atomic mass is 10.1. The molecule has 0 atom stereocenters. The van der Waals surface area contributed by atoms with Crippen molar-refractivity contribution >= 4 is 23.4 Å². The summed E-state index contributed by atoms with van der Waals surface area (Å²) in [6.45, 7) is 1.66. The maximum atomic E-state index is 13.3. The zero-order valence-electron chi connectivity index (χ0n) is 11.9. The number of rotatable bonds is 3. The fourth-order valence-electron chi connectivity index (χ4n) is 2.51. The highest BCUT2D eigenvalue weighted by Crippen LogP contribution is 2.21. The first-order valence-corrected chi connectivity index (χ1v) is 8.35. The molecule has 0 saturated carbocycles. The van der Waals surface area contributed by atoms with Crippen LogP contribution < -0.4 is 5.56 Å². The molecule has 0 saturated heterocycles. The summed E-state index contributed by atoms with van der Waals surface area (Å²) < 4.78 is 13.3. The highest BCUT2D eigenvalue weighted by molar-refractivity contribution is 7.98. The third-order valence-corrected chi connectivity index (χ3v) is 4.51. The number of thioether (sulfide) groups is 1. The van der Waals surface area contributed by atoms with Crippen molar-refractivity contribution in [2.45, 2.75) is 24.7 Å². The second-order valence-corrected chi connectivity index (χ2v) is 6.22. The Morgan fingerprint density at radius 1 is 1.55 bits per heavy atom.